The molecule has 5 nitrogen and oxygen atoms in total. The number of hydrogen-bond acceptors (Lipinski definition) is 4. The summed E-state index contributed by atoms with van der Waals surface area (Å²) in [6.07, 6.45) is 0.684. The van der Waals surface area contributed by atoms with Gasteiger partial charge >= 0.3 is 0 Å². The number of benzene rings is 1. The van der Waals surface area contributed by atoms with E-state index in [1.54, 1.807) is 0 Å². The van der Waals surface area contributed by atoms with Crippen molar-refractivity contribution in [1.29, 1.82) is 0 Å². The van der Waals surface area contributed by atoms with Gasteiger partial charge in [-0.25, -0.2) is 13.4 Å². The summed E-state index contributed by atoms with van der Waals surface area (Å²) >= 11 is 0. The van der Waals surface area contributed by atoms with Crippen LogP contribution in [0.1, 0.15) is 12.0 Å². The number of nitrogens with two attached hydrogens (primary N) is 1. The molecule has 1 aromatic heterocycles. The summed E-state index contributed by atoms with van der Waals surface area (Å²) < 4.78 is 25.1. The van der Waals surface area contributed by atoms with Gasteiger partial charge in [-0.15, -0.1) is 0 Å². The highest BCUT2D eigenvalue weighted by atomic mass is 32.2. The summed E-state index contributed by atoms with van der Waals surface area (Å²) in [6, 6.07) is 9.59. The van der Waals surface area contributed by atoms with E-state index in [9.17, 15) is 8.42 Å². The third-order valence-electron chi connectivity index (χ3n) is 3.39. The lowest BCUT2D eigenvalue weighted by Gasteiger charge is -2.15. The van der Waals surface area contributed by atoms with Gasteiger partial charge in [-0.05, 0) is 18.6 Å². The largest absolute Gasteiger partial charge is 0.383 e. The molecule has 2 aromatic rings. The predicted molar refractivity (Wildman–Crippen MR) is 75.0 cm³/mol. The highest BCUT2D eigenvalue weighted by molar-refractivity contribution is 7.89. The lowest BCUT2D eigenvalue weighted by Crippen LogP contribution is -2.25. The first kappa shape index (κ1) is 12.4. The van der Waals surface area contributed by atoms with Crippen molar-refractivity contribution in [1.82, 2.24) is 9.29 Å². The van der Waals surface area contributed by atoms with Crippen molar-refractivity contribution < 1.29 is 8.42 Å². The monoisotopic (exact) mass is 277 g/mol. The van der Waals surface area contributed by atoms with E-state index in [2.05, 4.69) is 4.98 Å². The first-order valence-corrected chi connectivity index (χ1v) is 7.79. The maximum atomic E-state index is 11.8. The fraction of sp³-hybridized carbons (Fsp3) is 0.308. The number of aromatic nitrogens is 1. The highest BCUT2D eigenvalue weighted by Gasteiger charge is 2.28. The Kier molecular flexibility index (Phi) is 2.91. The van der Waals surface area contributed by atoms with Crippen LogP contribution in [0.2, 0.25) is 0 Å². The number of para-hydroxylation sites is 1. The van der Waals surface area contributed by atoms with Crippen molar-refractivity contribution in [3.05, 3.63) is 35.9 Å². The number of hydrogen-bond donors (Lipinski definition) is 1. The van der Waals surface area contributed by atoms with Crippen LogP contribution in [0.25, 0.3) is 10.9 Å². The summed E-state index contributed by atoms with van der Waals surface area (Å²) in [4.78, 5) is 4.32. The van der Waals surface area contributed by atoms with Gasteiger partial charge in [-0.3, -0.25) is 0 Å². The molecular weight excluding hydrogens is 262 g/mol. The molecule has 0 atom stereocenters. The van der Waals surface area contributed by atoms with Gasteiger partial charge in [-0.2, -0.15) is 4.31 Å². The molecule has 0 amide bonds. The summed E-state index contributed by atoms with van der Waals surface area (Å²) in [5, 5.41) is 0.975. The Morgan fingerprint density at radius 1 is 1.32 bits per heavy atom. The van der Waals surface area contributed by atoms with Crippen LogP contribution in [0.3, 0.4) is 0 Å². The zero-order valence-corrected chi connectivity index (χ0v) is 11.2. The Hall–Kier alpha value is -1.66. The smallest absolute Gasteiger partial charge is 0.214 e. The van der Waals surface area contributed by atoms with Gasteiger partial charge in [0.15, 0.2) is 0 Å². The standard InChI is InChI=1S/C13H15N3O2S/c14-13-11(9-16-6-3-7-19(16,17)18)8-10-4-1-2-5-12(10)15-13/h1-2,4-5,8H,3,6-7,9H2,(H2,14,15). The molecule has 1 saturated heterocycles. The van der Waals surface area contributed by atoms with Crippen LogP contribution in [-0.2, 0) is 16.6 Å². The van der Waals surface area contributed by atoms with E-state index in [0.717, 1.165) is 16.5 Å². The second kappa shape index (κ2) is 4.47. The average Bonchev–Trinajstić information content (AvgIpc) is 2.70. The van der Waals surface area contributed by atoms with Crippen LogP contribution < -0.4 is 5.73 Å². The summed E-state index contributed by atoms with van der Waals surface area (Å²) in [5.41, 5.74) is 7.52. The first-order chi connectivity index (χ1) is 9.06. The van der Waals surface area contributed by atoms with E-state index in [1.165, 1.54) is 4.31 Å². The molecule has 0 bridgehead atoms. The number of sulfonamides is 1. The molecule has 0 spiro atoms. The number of anilines is 1. The summed E-state index contributed by atoms with van der Waals surface area (Å²) in [5.74, 6) is 0.634. The van der Waals surface area contributed by atoms with Crippen LogP contribution in [0.15, 0.2) is 30.3 Å². The zero-order chi connectivity index (χ0) is 13.5. The lowest BCUT2D eigenvalue weighted by atomic mass is 10.1. The number of nitrogens with zero attached hydrogens (tertiary/aromatic N) is 2. The maximum absolute atomic E-state index is 11.8. The number of fused-ring (bicyclic) bond motifs is 1. The van der Waals surface area contributed by atoms with Gasteiger partial charge in [0.2, 0.25) is 10.0 Å². The predicted octanol–water partition coefficient (Wildman–Crippen LogP) is 1.35. The van der Waals surface area contributed by atoms with Gasteiger partial charge in [-0.1, -0.05) is 18.2 Å². The SMILES string of the molecule is Nc1nc2ccccc2cc1CN1CCCS1(=O)=O. The Labute approximate surface area is 112 Å². The minimum absolute atomic E-state index is 0.230. The van der Waals surface area contributed by atoms with E-state index < -0.39 is 10.0 Å². The molecule has 1 aromatic carbocycles. The molecule has 0 unspecified atom stereocenters. The second-order valence-electron chi connectivity index (χ2n) is 4.73. The molecule has 6 heteroatoms. The minimum atomic E-state index is -3.11. The maximum Gasteiger partial charge on any atom is 0.214 e. The third kappa shape index (κ3) is 2.29. The van der Waals surface area contributed by atoms with Gasteiger partial charge < -0.3 is 5.73 Å². The van der Waals surface area contributed by atoms with Gasteiger partial charge in [0.05, 0.1) is 11.3 Å². The van der Waals surface area contributed by atoms with Crippen LogP contribution in [0.4, 0.5) is 5.82 Å². The Morgan fingerprint density at radius 3 is 2.84 bits per heavy atom. The quantitative estimate of drug-likeness (QED) is 0.899. The number of pyridine rings is 1. The molecular formula is C13H15N3O2S. The van der Waals surface area contributed by atoms with E-state index in [1.807, 2.05) is 30.3 Å². The fourth-order valence-corrected chi connectivity index (χ4v) is 3.86. The van der Waals surface area contributed by atoms with Crippen LogP contribution in [0.5, 0.6) is 0 Å². The second-order valence-corrected chi connectivity index (χ2v) is 6.82. The molecule has 1 aliphatic heterocycles. The first-order valence-electron chi connectivity index (χ1n) is 6.18. The third-order valence-corrected chi connectivity index (χ3v) is 5.29. The van der Waals surface area contributed by atoms with Gasteiger partial charge in [0, 0.05) is 24.0 Å². The van der Waals surface area contributed by atoms with Crippen LogP contribution >= 0.6 is 0 Å². The normalized spacial score (nSPS) is 18.9. The fourth-order valence-electron chi connectivity index (χ4n) is 2.36. The van der Waals surface area contributed by atoms with Crippen molar-refractivity contribution in [3.63, 3.8) is 0 Å². The lowest BCUT2D eigenvalue weighted by molar-refractivity contribution is 0.440. The highest BCUT2D eigenvalue weighted by Crippen LogP contribution is 2.23. The van der Waals surface area contributed by atoms with Gasteiger partial charge in [0.25, 0.3) is 0 Å². The molecule has 1 fully saturated rings. The molecule has 2 heterocycles. The van der Waals surface area contributed by atoms with E-state index in [4.69, 9.17) is 5.73 Å². The van der Waals surface area contributed by atoms with Crippen molar-refractivity contribution in [2.75, 3.05) is 18.0 Å². The van der Waals surface area contributed by atoms with E-state index in [0.29, 0.717) is 25.3 Å². The van der Waals surface area contributed by atoms with Crippen LogP contribution in [0, 0.1) is 0 Å². The van der Waals surface area contributed by atoms with Crippen molar-refractivity contribution in [2.24, 2.45) is 0 Å². The zero-order valence-electron chi connectivity index (χ0n) is 10.4. The van der Waals surface area contributed by atoms with Gasteiger partial charge in [0.1, 0.15) is 5.82 Å². The van der Waals surface area contributed by atoms with Crippen molar-refractivity contribution in [2.45, 2.75) is 13.0 Å². The van der Waals surface area contributed by atoms with E-state index in [-0.39, 0.29) is 5.75 Å². The summed E-state index contributed by atoms with van der Waals surface area (Å²) in [7, 11) is -3.11. The molecule has 0 radical (unpaired) electrons. The average molecular weight is 277 g/mol. The molecule has 2 N–H and O–H groups in total. The minimum Gasteiger partial charge on any atom is -0.383 e. The topological polar surface area (TPSA) is 76.3 Å². The summed E-state index contributed by atoms with van der Waals surface area (Å²) in [6.45, 7) is 0.876. The molecule has 100 valence electrons. The molecule has 0 saturated carbocycles. The Balaban J connectivity index is 1.99. The van der Waals surface area contributed by atoms with Crippen LogP contribution in [-0.4, -0.2) is 30.0 Å². The van der Waals surface area contributed by atoms with E-state index >= 15 is 0 Å². The molecule has 19 heavy (non-hydrogen) atoms. The molecule has 1 aliphatic rings. The number of nitrogen functional groups attached to an aromatic ring is 1. The Bertz CT molecular complexity index is 728. The number of rotatable bonds is 2. The molecule has 3 rings (SSSR count). The van der Waals surface area contributed by atoms with Crippen molar-refractivity contribution in [3.8, 4) is 0 Å². The Morgan fingerprint density at radius 2 is 2.11 bits per heavy atom. The van der Waals surface area contributed by atoms with Crippen molar-refractivity contribution >= 4 is 26.7 Å². The molecule has 0 aliphatic carbocycles.